The van der Waals surface area contributed by atoms with E-state index in [1.165, 1.54) is 5.56 Å². The molecule has 2 aromatic rings. The highest BCUT2D eigenvalue weighted by molar-refractivity contribution is 5.92. The Bertz CT molecular complexity index is 1080. The molecule has 7 nitrogen and oxygen atoms in total. The van der Waals surface area contributed by atoms with Gasteiger partial charge < -0.3 is 25.4 Å². The standard InChI is InChI=1S/C30H39N3O4/c1-21(7-5-11-28(35)33-19-25-9-4-3-8-23(25)17-27(33)20-34)29(37-2)22-12-14-26(15-13-22)32-30(36)24-10-6-16-31-18-24/h3-5,7-9,12-15,21,24,27,29,31,34H,6,10-11,16-20H2,1-2H3,(H,32,36)/b7-5+/t21-,24?,27-,29+/m0/s1. The van der Waals surface area contributed by atoms with E-state index in [0.717, 1.165) is 42.7 Å². The number of nitrogens with zero attached hydrogens (tertiary/aromatic N) is 1. The van der Waals surface area contributed by atoms with Crippen LogP contribution in [0.5, 0.6) is 0 Å². The van der Waals surface area contributed by atoms with E-state index in [1.807, 2.05) is 54.6 Å². The van der Waals surface area contributed by atoms with Gasteiger partial charge in [0.05, 0.1) is 24.7 Å². The van der Waals surface area contributed by atoms with Crippen LogP contribution in [0.25, 0.3) is 0 Å². The quantitative estimate of drug-likeness (QED) is 0.451. The lowest BCUT2D eigenvalue weighted by Gasteiger charge is -2.36. The van der Waals surface area contributed by atoms with Crippen LogP contribution in [0.2, 0.25) is 0 Å². The maximum Gasteiger partial charge on any atom is 0.228 e. The molecule has 2 aliphatic heterocycles. The van der Waals surface area contributed by atoms with Gasteiger partial charge in [-0.3, -0.25) is 9.59 Å². The molecule has 0 aliphatic carbocycles. The van der Waals surface area contributed by atoms with Crippen LogP contribution in [0.15, 0.2) is 60.7 Å². The van der Waals surface area contributed by atoms with Crippen LogP contribution < -0.4 is 10.6 Å². The van der Waals surface area contributed by atoms with Crippen molar-refractivity contribution in [2.45, 2.75) is 51.3 Å². The molecule has 0 aromatic heterocycles. The fraction of sp³-hybridized carbons (Fsp3) is 0.467. The van der Waals surface area contributed by atoms with Gasteiger partial charge in [-0.25, -0.2) is 0 Å². The Labute approximate surface area is 219 Å². The monoisotopic (exact) mass is 505 g/mol. The first-order valence-electron chi connectivity index (χ1n) is 13.3. The molecule has 2 aromatic carbocycles. The molecule has 0 saturated carbocycles. The van der Waals surface area contributed by atoms with Gasteiger partial charge in [0.2, 0.25) is 11.8 Å². The van der Waals surface area contributed by atoms with Gasteiger partial charge >= 0.3 is 0 Å². The Morgan fingerprint density at radius 1 is 1.19 bits per heavy atom. The first-order valence-corrected chi connectivity index (χ1v) is 13.3. The third-order valence-electron chi connectivity index (χ3n) is 7.52. The van der Waals surface area contributed by atoms with E-state index in [9.17, 15) is 14.7 Å². The van der Waals surface area contributed by atoms with E-state index in [4.69, 9.17) is 4.74 Å². The second-order valence-electron chi connectivity index (χ2n) is 10.1. The predicted octanol–water partition coefficient (Wildman–Crippen LogP) is 3.84. The molecular formula is C30H39N3O4. The minimum Gasteiger partial charge on any atom is -0.394 e. The lowest BCUT2D eigenvalue weighted by atomic mass is 9.93. The highest BCUT2D eigenvalue weighted by atomic mass is 16.5. The molecule has 3 N–H and O–H groups in total. The SMILES string of the molecule is CO[C@@H](c1ccc(NC(=O)C2CCCNC2)cc1)[C@@H](C)/C=C/CC(=O)N1Cc2ccccc2C[C@H]1CO. The highest BCUT2D eigenvalue weighted by Crippen LogP contribution is 2.28. The number of carbonyl (C=O) groups excluding carboxylic acids is 2. The number of rotatable bonds is 9. The Hall–Kier alpha value is -3.00. The zero-order valence-electron chi connectivity index (χ0n) is 21.9. The molecule has 1 saturated heterocycles. The molecule has 2 aliphatic rings. The summed E-state index contributed by atoms with van der Waals surface area (Å²) in [5.74, 6) is 0.131. The molecule has 0 bridgehead atoms. The molecule has 0 spiro atoms. The fourth-order valence-corrected chi connectivity index (χ4v) is 5.37. The van der Waals surface area contributed by atoms with Crippen molar-refractivity contribution in [1.82, 2.24) is 10.2 Å². The second-order valence-corrected chi connectivity index (χ2v) is 10.1. The van der Waals surface area contributed by atoms with E-state index >= 15 is 0 Å². The van der Waals surface area contributed by atoms with Crippen LogP contribution in [0, 0.1) is 11.8 Å². The van der Waals surface area contributed by atoms with Gasteiger partial charge in [-0.05, 0) is 54.6 Å². The first kappa shape index (κ1) is 27.0. The Morgan fingerprint density at radius 3 is 2.62 bits per heavy atom. The molecule has 1 unspecified atom stereocenters. The lowest BCUT2D eigenvalue weighted by Crippen LogP contribution is -2.46. The summed E-state index contributed by atoms with van der Waals surface area (Å²) in [5.41, 5.74) is 4.14. The molecular weight excluding hydrogens is 466 g/mol. The van der Waals surface area contributed by atoms with E-state index in [0.29, 0.717) is 13.0 Å². The zero-order valence-corrected chi connectivity index (χ0v) is 21.9. The second kappa shape index (κ2) is 13.0. The summed E-state index contributed by atoms with van der Waals surface area (Å²) >= 11 is 0. The largest absolute Gasteiger partial charge is 0.394 e. The summed E-state index contributed by atoms with van der Waals surface area (Å²) in [6, 6.07) is 15.7. The van der Waals surface area contributed by atoms with E-state index in [2.05, 4.69) is 23.6 Å². The molecule has 198 valence electrons. The third kappa shape index (κ3) is 6.86. The molecule has 2 heterocycles. The molecule has 4 atom stereocenters. The minimum atomic E-state index is -0.187. The van der Waals surface area contributed by atoms with Gasteiger partial charge in [-0.1, -0.05) is 55.5 Å². The number of carbonyl (C=O) groups is 2. The van der Waals surface area contributed by atoms with E-state index in [-0.39, 0.29) is 48.8 Å². The van der Waals surface area contributed by atoms with Gasteiger partial charge in [-0.15, -0.1) is 0 Å². The molecule has 7 heteroatoms. The van der Waals surface area contributed by atoms with Crippen LogP contribution in [0.1, 0.15) is 49.0 Å². The van der Waals surface area contributed by atoms with Crippen LogP contribution in [0.4, 0.5) is 5.69 Å². The maximum atomic E-state index is 13.0. The summed E-state index contributed by atoms with van der Waals surface area (Å²) in [6.45, 7) is 4.26. The average Bonchev–Trinajstić information content (AvgIpc) is 2.94. The van der Waals surface area contributed by atoms with Crippen LogP contribution >= 0.6 is 0 Å². The number of ether oxygens (including phenoxy) is 1. The number of amides is 2. The van der Waals surface area contributed by atoms with Gasteiger partial charge in [0, 0.05) is 38.2 Å². The number of nitrogens with one attached hydrogen (secondary N) is 2. The molecule has 37 heavy (non-hydrogen) atoms. The number of fused-ring (bicyclic) bond motifs is 1. The van der Waals surface area contributed by atoms with Gasteiger partial charge in [0.1, 0.15) is 0 Å². The molecule has 1 fully saturated rings. The van der Waals surface area contributed by atoms with Crippen molar-refractivity contribution in [3.63, 3.8) is 0 Å². The predicted molar refractivity (Wildman–Crippen MR) is 145 cm³/mol. The van der Waals surface area contributed by atoms with Gasteiger partial charge in [0.15, 0.2) is 0 Å². The van der Waals surface area contributed by atoms with Crippen molar-refractivity contribution in [2.75, 3.05) is 32.1 Å². The van der Waals surface area contributed by atoms with Crippen molar-refractivity contribution < 1.29 is 19.4 Å². The molecule has 4 rings (SSSR count). The third-order valence-corrected chi connectivity index (χ3v) is 7.52. The zero-order chi connectivity index (χ0) is 26.2. The summed E-state index contributed by atoms with van der Waals surface area (Å²) < 4.78 is 5.79. The average molecular weight is 506 g/mol. The smallest absolute Gasteiger partial charge is 0.228 e. The summed E-state index contributed by atoms with van der Waals surface area (Å²) in [6.07, 6.45) is 6.65. The van der Waals surface area contributed by atoms with Gasteiger partial charge in [-0.2, -0.15) is 0 Å². The topological polar surface area (TPSA) is 90.9 Å². The fourth-order valence-electron chi connectivity index (χ4n) is 5.37. The number of benzene rings is 2. The van der Waals surface area contributed by atoms with Crippen LogP contribution in [0.3, 0.4) is 0 Å². The number of aliphatic hydroxyl groups is 1. The normalized spacial score (nSPS) is 21.3. The number of hydrogen-bond acceptors (Lipinski definition) is 5. The van der Waals surface area contributed by atoms with Crippen molar-refractivity contribution >= 4 is 17.5 Å². The van der Waals surface area contributed by atoms with Crippen LogP contribution in [-0.4, -0.2) is 54.7 Å². The minimum absolute atomic E-state index is 0.0132. The Kier molecular flexibility index (Phi) is 9.50. The number of piperidine rings is 1. The number of methoxy groups -OCH3 is 1. The van der Waals surface area contributed by atoms with Gasteiger partial charge in [0.25, 0.3) is 0 Å². The van der Waals surface area contributed by atoms with E-state index < -0.39 is 0 Å². The number of anilines is 1. The lowest BCUT2D eigenvalue weighted by molar-refractivity contribution is -0.134. The van der Waals surface area contributed by atoms with Crippen LogP contribution in [-0.2, 0) is 27.3 Å². The van der Waals surface area contributed by atoms with Crippen molar-refractivity contribution in [3.05, 3.63) is 77.4 Å². The summed E-state index contributed by atoms with van der Waals surface area (Å²) in [4.78, 5) is 27.3. The number of aliphatic hydroxyl groups excluding tert-OH is 1. The Balaban J connectivity index is 1.32. The molecule has 2 amide bonds. The molecule has 0 radical (unpaired) electrons. The van der Waals surface area contributed by atoms with E-state index in [1.54, 1.807) is 12.0 Å². The summed E-state index contributed by atoms with van der Waals surface area (Å²) in [5, 5.41) is 16.2. The highest BCUT2D eigenvalue weighted by Gasteiger charge is 2.28. The van der Waals surface area contributed by atoms with Crippen molar-refractivity contribution in [1.29, 1.82) is 0 Å². The van der Waals surface area contributed by atoms with Crippen molar-refractivity contribution in [3.8, 4) is 0 Å². The maximum absolute atomic E-state index is 13.0. The summed E-state index contributed by atoms with van der Waals surface area (Å²) in [7, 11) is 1.68. The Morgan fingerprint density at radius 2 is 1.95 bits per heavy atom. The van der Waals surface area contributed by atoms with Crippen molar-refractivity contribution in [2.24, 2.45) is 11.8 Å². The first-order chi connectivity index (χ1) is 18.0. The number of hydrogen-bond donors (Lipinski definition) is 3.